The van der Waals surface area contributed by atoms with E-state index in [9.17, 15) is 0 Å². The third-order valence-corrected chi connectivity index (χ3v) is 3.61. The molecule has 0 aliphatic rings. The minimum Gasteiger partial charge on any atom is -0.325 e. The zero-order valence-electron chi connectivity index (χ0n) is 9.29. The zero-order chi connectivity index (χ0) is 11.8. The van der Waals surface area contributed by atoms with Crippen molar-refractivity contribution in [3.8, 4) is 10.7 Å². The number of hydrogen-bond donors (Lipinski definition) is 1. The van der Waals surface area contributed by atoms with Crippen molar-refractivity contribution >= 4 is 17.1 Å². The van der Waals surface area contributed by atoms with Gasteiger partial charge in [0.25, 0.3) is 5.78 Å². The van der Waals surface area contributed by atoms with E-state index in [4.69, 9.17) is 5.73 Å². The molecule has 3 rings (SSSR count). The number of fused-ring (bicyclic) bond motifs is 1. The molecule has 0 saturated heterocycles. The van der Waals surface area contributed by atoms with Gasteiger partial charge in [0.05, 0.1) is 10.6 Å². The monoisotopic (exact) mass is 245 g/mol. The summed E-state index contributed by atoms with van der Waals surface area (Å²) < 4.78 is 1.70. The van der Waals surface area contributed by atoms with E-state index in [1.54, 1.807) is 22.0 Å². The number of aromatic nitrogens is 4. The maximum Gasteiger partial charge on any atom is 0.253 e. The zero-order valence-corrected chi connectivity index (χ0v) is 10.1. The van der Waals surface area contributed by atoms with Crippen molar-refractivity contribution in [2.24, 2.45) is 5.73 Å². The van der Waals surface area contributed by atoms with Crippen LogP contribution in [-0.2, 0) is 6.54 Å². The summed E-state index contributed by atoms with van der Waals surface area (Å²) in [4.78, 5) is 9.69. The maximum absolute atomic E-state index is 5.66. The Hall–Kier alpha value is -1.79. The maximum atomic E-state index is 5.66. The lowest BCUT2D eigenvalue weighted by Crippen LogP contribution is -2.05. The fraction of sp³-hybridized carbons (Fsp3) is 0.182. The molecule has 3 aromatic rings. The largest absolute Gasteiger partial charge is 0.325 e. The van der Waals surface area contributed by atoms with E-state index in [0.29, 0.717) is 18.1 Å². The van der Waals surface area contributed by atoms with E-state index in [2.05, 4.69) is 28.1 Å². The number of nitrogens with zero attached hydrogens (tertiary/aromatic N) is 4. The van der Waals surface area contributed by atoms with Gasteiger partial charge in [0.1, 0.15) is 0 Å². The molecule has 2 N–H and O–H groups in total. The highest BCUT2D eigenvalue weighted by Crippen LogP contribution is 2.26. The lowest BCUT2D eigenvalue weighted by Gasteiger charge is -1.97. The molecule has 17 heavy (non-hydrogen) atoms. The van der Waals surface area contributed by atoms with Crippen LogP contribution in [0.4, 0.5) is 0 Å². The van der Waals surface area contributed by atoms with E-state index in [1.165, 1.54) is 5.56 Å². The average Bonchev–Trinajstić information content (AvgIpc) is 2.93. The Bertz CT molecular complexity index is 669. The number of nitrogens with two attached hydrogens (primary N) is 1. The van der Waals surface area contributed by atoms with Crippen molar-refractivity contribution in [3.05, 3.63) is 35.0 Å². The Morgan fingerprint density at radius 1 is 1.41 bits per heavy atom. The predicted octanol–water partition coefficient (Wildman–Crippen LogP) is 1.62. The van der Waals surface area contributed by atoms with Crippen LogP contribution in [-0.4, -0.2) is 19.6 Å². The minimum absolute atomic E-state index is 0.422. The molecule has 0 atom stereocenters. The Morgan fingerprint density at radius 2 is 2.29 bits per heavy atom. The predicted molar refractivity (Wildman–Crippen MR) is 66.7 cm³/mol. The minimum atomic E-state index is 0.422. The van der Waals surface area contributed by atoms with Gasteiger partial charge in [-0.25, -0.2) is 4.98 Å². The van der Waals surface area contributed by atoms with Crippen molar-refractivity contribution in [1.29, 1.82) is 0 Å². The van der Waals surface area contributed by atoms with Crippen molar-refractivity contribution in [3.63, 3.8) is 0 Å². The van der Waals surface area contributed by atoms with Crippen molar-refractivity contribution in [2.75, 3.05) is 0 Å². The van der Waals surface area contributed by atoms with Gasteiger partial charge in [-0.2, -0.15) is 9.50 Å². The standard InChI is InChI=1S/C11H11N5S/c1-7-3-5-17-9(7)10-14-11-13-4-2-8(6-12)16(11)15-10/h2-5H,6,12H2,1H3. The molecule has 0 unspecified atom stereocenters. The topological polar surface area (TPSA) is 69.1 Å². The third-order valence-electron chi connectivity index (χ3n) is 2.59. The highest BCUT2D eigenvalue weighted by atomic mass is 32.1. The lowest BCUT2D eigenvalue weighted by molar-refractivity contribution is 0.837. The van der Waals surface area contributed by atoms with Crippen LogP contribution in [0.2, 0.25) is 0 Å². The molecular formula is C11H11N5S. The first-order valence-electron chi connectivity index (χ1n) is 5.25. The average molecular weight is 245 g/mol. The van der Waals surface area contributed by atoms with E-state index in [1.807, 2.05) is 11.4 Å². The van der Waals surface area contributed by atoms with E-state index >= 15 is 0 Å². The Balaban J connectivity index is 2.24. The van der Waals surface area contributed by atoms with Gasteiger partial charge < -0.3 is 5.73 Å². The molecule has 5 nitrogen and oxygen atoms in total. The van der Waals surface area contributed by atoms with Gasteiger partial charge in [-0.1, -0.05) is 0 Å². The molecule has 3 heterocycles. The molecule has 86 valence electrons. The van der Waals surface area contributed by atoms with E-state index in [-0.39, 0.29) is 0 Å². The first-order valence-corrected chi connectivity index (χ1v) is 6.13. The van der Waals surface area contributed by atoms with Gasteiger partial charge in [-0.15, -0.1) is 16.4 Å². The van der Waals surface area contributed by atoms with E-state index in [0.717, 1.165) is 10.6 Å². The number of rotatable bonds is 2. The van der Waals surface area contributed by atoms with Crippen LogP contribution in [0.5, 0.6) is 0 Å². The summed E-state index contributed by atoms with van der Waals surface area (Å²) in [5, 5.41) is 6.50. The molecule has 0 spiro atoms. The molecule has 0 aromatic carbocycles. The fourth-order valence-electron chi connectivity index (χ4n) is 1.69. The summed E-state index contributed by atoms with van der Waals surface area (Å²) in [6.45, 7) is 2.47. The van der Waals surface area contributed by atoms with Crippen LogP contribution in [0.3, 0.4) is 0 Å². The van der Waals surface area contributed by atoms with Gasteiger partial charge in [0.15, 0.2) is 5.82 Å². The number of thiophene rings is 1. The first-order chi connectivity index (χ1) is 8.29. The molecule has 0 aliphatic carbocycles. The molecule has 0 radical (unpaired) electrons. The van der Waals surface area contributed by atoms with Gasteiger partial charge in [0.2, 0.25) is 0 Å². The second-order valence-corrected chi connectivity index (χ2v) is 4.64. The Kier molecular flexibility index (Phi) is 2.38. The highest BCUT2D eigenvalue weighted by Gasteiger charge is 2.12. The summed E-state index contributed by atoms with van der Waals surface area (Å²) in [5.74, 6) is 1.31. The van der Waals surface area contributed by atoms with Gasteiger partial charge in [-0.05, 0) is 30.0 Å². The van der Waals surface area contributed by atoms with Crippen molar-refractivity contribution in [1.82, 2.24) is 19.6 Å². The van der Waals surface area contributed by atoms with Crippen LogP contribution in [0.15, 0.2) is 23.7 Å². The molecule has 0 amide bonds. The molecule has 0 aliphatic heterocycles. The number of hydrogen-bond acceptors (Lipinski definition) is 5. The van der Waals surface area contributed by atoms with Gasteiger partial charge in [-0.3, -0.25) is 0 Å². The van der Waals surface area contributed by atoms with Crippen LogP contribution in [0, 0.1) is 6.92 Å². The Labute approximate surface area is 102 Å². The normalized spacial score (nSPS) is 11.2. The van der Waals surface area contributed by atoms with Gasteiger partial charge in [0, 0.05) is 12.7 Å². The van der Waals surface area contributed by atoms with E-state index < -0.39 is 0 Å². The second kappa shape index (κ2) is 3.90. The summed E-state index contributed by atoms with van der Waals surface area (Å²) in [7, 11) is 0. The second-order valence-electron chi connectivity index (χ2n) is 3.72. The third kappa shape index (κ3) is 1.62. The summed E-state index contributed by atoms with van der Waals surface area (Å²) >= 11 is 1.63. The summed E-state index contributed by atoms with van der Waals surface area (Å²) in [5.41, 5.74) is 7.75. The molecule has 0 saturated carbocycles. The SMILES string of the molecule is Cc1ccsc1-c1nc2nccc(CN)n2n1. The van der Waals surface area contributed by atoms with Gasteiger partial charge >= 0.3 is 0 Å². The molecule has 0 bridgehead atoms. The molecular weight excluding hydrogens is 234 g/mol. The quantitative estimate of drug-likeness (QED) is 0.745. The smallest absolute Gasteiger partial charge is 0.253 e. The highest BCUT2D eigenvalue weighted by molar-refractivity contribution is 7.13. The molecule has 0 fully saturated rings. The first kappa shape index (κ1) is 10.4. The lowest BCUT2D eigenvalue weighted by atomic mass is 10.3. The van der Waals surface area contributed by atoms with Crippen LogP contribution >= 0.6 is 11.3 Å². The summed E-state index contributed by atoms with van der Waals surface area (Å²) in [6.07, 6.45) is 1.71. The fourth-order valence-corrected chi connectivity index (χ4v) is 2.55. The molecule has 3 aromatic heterocycles. The summed E-state index contributed by atoms with van der Waals surface area (Å²) in [6, 6.07) is 3.91. The molecule has 6 heteroatoms. The van der Waals surface area contributed by atoms with Crippen LogP contribution in [0.1, 0.15) is 11.3 Å². The van der Waals surface area contributed by atoms with Crippen molar-refractivity contribution < 1.29 is 0 Å². The Morgan fingerprint density at radius 3 is 3.00 bits per heavy atom. The van der Waals surface area contributed by atoms with Crippen LogP contribution < -0.4 is 5.73 Å². The van der Waals surface area contributed by atoms with Crippen LogP contribution in [0.25, 0.3) is 16.5 Å². The van der Waals surface area contributed by atoms with Crippen molar-refractivity contribution in [2.45, 2.75) is 13.5 Å². The number of aryl methyl sites for hydroxylation is 1.